The summed E-state index contributed by atoms with van der Waals surface area (Å²) in [5.41, 5.74) is -1.23. The van der Waals surface area contributed by atoms with Gasteiger partial charge in [0.2, 0.25) is 0 Å². The third kappa shape index (κ3) is 5.81. The minimum Gasteiger partial charge on any atom is -0.480 e. The molecule has 4 rings (SSSR count). The monoisotopic (exact) mass is 545 g/mol. The molecule has 0 saturated heterocycles. The van der Waals surface area contributed by atoms with Crippen molar-refractivity contribution in [2.75, 3.05) is 10.6 Å². The Kier molecular flexibility index (Phi) is 7.90. The zero-order chi connectivity index (χ0) is 26.7. The lowest BCUT2D eigenvalue weighted by Gasteiger charge is -2.37. The molecule has 1 aliphatic rings. The van der Waals surface area contributed by atoms with Gasteiger partial charge in [-0.2, -0.15) is 0 Å². The number of carboxylic acids is 1. The Morgan fingerprint density at radius 2 is 1.54 bits per heavy atom. The van der Waals surface area contributed by atoms with Crippen molar-refractivity contribution in [3.8, 4) is 0 Å². The molecule has 0 aromatic heterocycles. The second-order valence-corrected chi connectivity index (χ2v) is 10.2. The Labute approximate surface area is 223 Å². The topological polar surface area (TPSA) is 108 Å². The SMILES string of the molecule is C[C@@](NC(=O)c1cc2ccccc2cc1NC(=O)Nc1c(Cl)cc(F)cc1Cl)(C(=O)O)C1CCCCC1. The van der Waals surface area contributed by atoms with E-state index in [1.807, 2.05) is 24.3 Å². The zero-order valence-electron chi connectivity index (χ0n) is 20.0. The van der Waals surface area contributed by atoms with Crippen LogP contribution in [0.25, 0.3) is 10.8 Å². The van der Waals surface area contributed by atoms with Gasteiger partial charge in [0.25, 0.3) is 5.91 Å². The number of hydrogen-bond acceptors (Lipinski definition) is 3. The van der Waals surface area contributed by atoms with Crippen molar-refractivity contribution < 1.29 is 23.9 Å². The highest BCUT2D eigenvalue weighted by Crippen LogP contribution is 2.35. The first-order valence-electron chi connectivity index (χ1n) is 11.9. The first-order valence-corrected chi connectivity index (χ1v) is 12.7. The number of carbonyl (C=O) groups excluding carboxylic acids is 2. The van der Waals surface area contributed by atoms with E-state index < -0.39 is 29.3 Å². The second-order valence-electron chi connectivity index (χ2n) is 9.37. The maximum atomic E-state index is 13.5. The van der Waals surface area contributed by atoms with E-state index in [9.17, 15) is 23.9 Å². The highest BCUT2D eigenvalue weighted by atomic mass is 35.5. The molecule has 1 aliphatic carbocycles. The lowest BCUT2D eigenvalue weighted by Crippen LogP contribution is -2.57. The lowest BCUT2D eigenvalue weighted by molar-refractivity contribution is -0.146. The molecule has 1 fully saturated rings. The second kappa shape index (κ2) is 10.9. The normalized spacial score (nSPS) is 15.6. The summed E-state index contributed by atoms with van der Waals surface area (Å²) in [4.78, 5) is 38.7. The smallest absolute Gasteiger partial charge is 0.329 e. The van der Waals surface area contributed by atoms with Crippen LogP contribution < -0.4 is 16.0 Å². The van der Waals surface area contributed by atoms with Gasteiger partial charge < -0.3 is 21.1 Å². The van der Waals surface area contributed by atoms with Gasteiger partial charge in [-0.1, -0.05) is 66.7 Å². The minimum atomic E-state index is -1.47. The predicted molar refractivity (Wildman–Crippen MR) is 143 cm³/mol. The van der Waals surface area contributed by atoms with E-state index in [-0.39, 0.29) is 32.9 Å². The number of nitrogens with one attached hydrogen (secondary N) is 3. The van der Waals surface area contributed by atoms with Gasteiger partial charge in [0.05, 0.1) is 27.0 Å². The highest BCUT2D eigenvalue weighted by Gasteiger charge is 2.43. The zero-order valence-corrected chi connectivity index (χ0v) is 21.5. The van der Waals surface area contributed by atoms with E-state index in [0.717, 1.165) is 42.2 Å². The van der Waals surface area contributed by atoms with Gasteiger partial charge in [-0.15, -0.1) is 0 Å². The van der Waals surface area contributed by atoms with Crippen LogP contribution >= 0.6 is 23.2 Å². The van der Waals surface area contributed by atoms with Crippen LogP contribution in [-0.2, 0) is 4.79 Å². The van der Waals surface area contributed by atoms with Crippen molar-refractivity contribution in [3.05, 3.63) is 70.0 Å². The fraction of sp³-hybridized carbons (Fsp3) is 0.296. The van der Waals surface area contributed by atoms with E-state index in [1.165, 1.54) is 6.92 Å². The van der Waals surface area contributed by atoms with Crippen LogP contribution in [0.3, 0.4) is 0 Å². The summed E-state index contributed by atoms with van der Waals surface area (Å²) in [6.07, 6.45) is 4.25. The molecule has 0 heterocycles. The van der Waals surface area contributed by atoms with Crippen LogP contribution in [0.5, 0.6) is 0 Å². The molecule has 194 valence electrons. The molecule has 10 heteroatoms. The molecule has 3 aromatic rings. The summed E-state index contributed by atoms with van der Waals surface area (Å²) >= 11 is 12.1. The Balaban J connectivity index is 1.66. The van der Waals surface area contributed by atoms with Crippen molar-refractivity contribution in [2.45, 2.75) is 44.6 Å². The van der Waals surface area contributed by atoms with Crippen molar-refractivity contribution >= 4 is 63.3 Å². The average Bonchev–Trinajstić information content (AvgIpc) is 2.86. The Morgan fingerprint density at radius 3 is 2.14 bits per heavy atom. The number of benzene rings is 3. The minimum absolute atomic E-state index is 0.00442. The molecule has 0 unspecified atom stereocenters. The Bertz CT molecular complexity index is 1350. The number of carboxylic acid groups (broad SMARTS) is 1. The van der Waals surface area contributed by atoms with Crippen molar-refractivity contribution in [1.82, 2.24) is 5.32 Å². The number of amides is 3. The fourth-order valence-corrected chi connectivity index (χ4v) is 5.33. The van der Waals surface area contributed by atoms with E-state index >= 15 is 0 Å². The number of carbonyl (C=O) groups is 3. The molecular formula is C27H26Cl2FN3O4. The van der Waals surface area contributed by atoms with Crippen LogP contribution in [0.15, 0.2) is 48.5 Å². The number of rotatable bonds is 6. The summed E-state index contributed by atoms with van der Waals surface area (Å²) in [6.45, 7) is 1.53. The van der Waals surface area contributed by atoms with E-state index in [2.05, 4.69) is 16.0 Å². The van der Waals surface area contributed by atoms with Crippen LogP contribution in [-0.4, -0.2) is 28.6 Å². The number of hydrogen-bond donors (Lipinski definition) is 4. The number of urea groups is 1. The molecule has 1 atom stereocenters. The van der Waals surface area contributed by atoms with Crippen molar-refractivity contribution in [3.63, 3.8) is 0 Å². The molecular weight excluding hydrogens is 520 g/mol. The molecule has 0 aliphatic heterocycles. The van der Waals surface area contributed by atoms with Gasteiger partial charge in [0.15, 0.2) is 0 Å². The Morgan fingerprint density at radius 1 is 0.946 bits per heavy atom. The van der Waals surface area contributed by atoms with Gasteiger partial charge in [0.1, 0.15) is 11.4 Å². The fourth-order valence-electron chi connectivity index (χ4n) is 4.77. The quantitative estimate of drug-likeness (QED) is 0.265. The molecule has 1 saturated carbocycles. The number of fused-ring (bicyclic) bond motifs is 1. The van der Waals surface area contributed by atoms with Crippen molar-refractivity contribution in [2.24, 2.45) is 5.92 Å². The summed E-state index contributed by atoms with van der Waals surface area (Å²) < 4.78 is 13.5. The standard InChI is InChI=1S/C27H26Cl2FN3O4/c1-27(25(35)36,17-9-3-2-4-10-17)33-24(34)19-11-15-7-5-6-8-16(15)12-22(19)31-26(37)32-23-20(28)13-18(30)14-21(23)29/h5-8,11-14,17H,2-4,9-10H2,1H3,(H,33,34)(H,35,36)(H2,31,32,37)/t27-/m0/s1. The van der Waals surface area contributed by atoms with Crippen LogP contribution in [0.2, 0.25) is 10.0 Å². The van der Waals surface area contributed by atoms with Crippen LogP contribution in [0, 0.1) is 11.7 Å². The number of anilines is 2. The summed E-state index contributed by atoms with van der Waals surface area (Å²) in [5.74, 6) is -2.62. The molecule has 3 aromatic carbocycles. The predicted octanol–water partition coefficient (Wildman–Crippen LogP) is 7.08. The summed E-state index contributed by atoms with van der Waals surface area (Å²) in [5, 5.41) is 19.2. The van der Waals surface area contributed by atoms with E-state index in [4.69, 9.17) is 23.2 Å². The molecule has 37 heavy (non-hydrogen) atoms. The first kappa shape index (κ1) is 26.7. The van der Waals surface area contributed by atoms with Crippen LogP contribution in [0.4, 0.5) is 20.6 Å². The first-order chi connectivity index (χ1) is 17.6. The molecule has 4 N–H and O–H groups in total. The van der Waals surface area contributed by atoms with Gasteiger partial charge in [0, 0.05) is 0 Å². The molecule has 0 bridgehead atoms. The van der Waals surface area contributed by atoms with Gasteiger partial charge in [-0.25, -0.2) is 14.0 Å². The number of halogens is 3. The molecule has 7 nitrogen and oxygen atoms in total. The van der Waals surface area contributed by atoms with Crippen molar-refractivity contribution in [1.29, 1.82) is 0 Å². The third-order valence-corrected chi connectivity index (χ3v) is 7.46. The molecule has 0 radical (unpaired) electrons. The largest absolute Gasteiger partial charge is 0.480 e. The highest BCUT2D eigenvalue weighted by molar-refractivity contribution is 6.40. The van der Waals surface area contributed by atoms with Gasteiger partial charge in [-0.05, 0) is 60.7 Å². The Hall–Kier alpha value is -3.36. The molecule has 0 spiro atoms. The molecule has 3 amide bonds. The lowest BCUT2D eigenvalue weighted by atomic mass is 9.75. The third-order valence-electron chi connectivity index (χ3n) is 6.86. The summed E-state index contributed by atoms with van der Waals surface area (Å²) in [7, 11) is 0. The average molecular weight is 546 g/mol. The van der Waals surface area contributed by atoms with Gasteiger partial charge in [-0.3, -0.25) is 4.79 Å². The van der Waals surface area contributed by atoms with Crippen LogP contribution in [0.1, 0.15) is 49.4 Å². The van der Waals surface area contributed by atoms with E-state index in [0.29, 0.717) is 12.8 Å². The maximum Gasteiger partial charge on any atom is 0.329 e. The summed E-state index contributed by atoms with van der Waals surface area (Å²) in [6, 6.07) is 11.7. The maximum absolute atomic E-state index is 13.5. The van der Waals surface area contributed by atoms with E-state index in [1.54, 1.807) is 12.1 Å². The number of aliphatic carboxylic acids is 1. The van der Waals surface area contributed by atoms with Gasteiger partial charge >= 0.3 is 12.0 Å².